The van der Waals surface area contributed by atoms with Gasteiger partial charge in [-0.1, -0.05) is 6.07 Å². The van der Waals surface area contributed by atoms with Crippen LogP contribution >= 0.6 is 12.2 Å². The second-order valence-corrected chi connectivity index (χ2v) is 2.71. The van der Waals surface area contributed by atoms with Gasteiger partial charge in [0.25, 0.3) is 0 Å². The average Bonchev–Trinajstić information content (AvgIpc) is 2.06. The Balaban J connectivity index is 2.58. The largest absolute Gasteiger partial charge is 0.375 e. The van der Waals surface area contributed by atoms with Crippen molar-refractivity contribution in [2.75, 3.05) is 0 Å². The number of aromatic nitrogens is 1. The molecule has 0 saturated carbocycles. The lowest BCUT2D eigenvalue weighted by Gasteiger charge is -2.14. The molecule has 1 aromatic heterocycles. The molecule has 1 rings (SSSR count). The minimum atomic E-state index is 0.167. The third-order valence-electron chi connectivity index (χ3n) is 1.34. The van der Waals surface area contributed by atoms with E-state index in [9.17, 15) is 0 Å². The van der Waals surface area contributed by atoms with E-state index in [1.54, 1.807) is 6.20 Å². The molecule has 0 atom stereocenters. The Morgan fingerprint density at radius 3 is 2.83 bits per heavy atom. The quantitative estimate of drug-likeness (QED) is 0.383. The van der Waals surface area contributed by atoms with Crippen molar-refractivity contribution >= 4 is 17.3 Å². The van der Waals surface area contributed by atoms with Crippen molar-refractivity contribution in [2.24, 2.45) is 11.6 Å². The number of nitrogens with two attached hydrogens (primary N) is 2. The first-order valence-electron chi connectivity index (χ1n) is 3.41. The van der Waals surface area contributed by atoms with E-state index in [0.717, 1.165) is 5.69 Å². The van der Waals surface area contributed by atoms with Gasteiger partial charge < -0.3 is 5.73 Å². The molecule has 0 unspecified atom stereocenters. The van der Waals surface area contributed by atoms with Crippen LogP contribution in [0.4, 0.5) is 0 Å². The lowest BCUT2D eigenvalue weighted by Crippen LogP contribution is -2.40. The van der Waals surface area contributed by atoms with Gasteiger partial charge in [-0.3, -0.25) is 9.99 Å². The predicted octanol–water partition coefficient (Wildman–Crippen LogP) is 0.000900. The van der Waals surface area contributed by atoms with Crippen LogP contribution in [-0.2, 0) is 6.54 Å². The van der Waals surface area contributed by atoms with E-state index in [-0.39, 0.29) is 5.11 Å². The Morgan fingerprint density at radius 2 is 2.33 bits per heavy atom. The summed E-state index contributed by atoms with van der Waals surface area (Å²) in [6, 6.07) is 5.58. The predicted molar refractivity (Wildman–Crippen MR) is 50.8 cm³/mol. The Morgan fingerprint density at radius 1 is 1.58 bits per heavy atom. The molecule has 0 saturated heterocycles. The number of rotatable bonds is 2. The van der Waals surface area contributed by atoms with Gasteiger partial charge >= 0.3 is 0 Å². The van der Waals surface area contributed by atoms with Crippen LogP contribution in [0.5, 0.6) is 0 Å². The minimum absolute atomic E-state index is 0.167. The van der Waals surface area contributed by atoms with Gasteiger partial charge in [0, 0.05) is 6.20 Å². The Bertz CT molecular complexity index is 261. The van der Waals surface area contributed by atoms with Crippen LogP contribution in [0.25, 0.3) is 0 Å². The zero-order valence-corrected chi connectivity index (χ0v) is 7.29. The highest BCUT2D eigenvalue weighted by Gasteiger charge is 2.00. The molecule has 0 spiro atoms. The zero-order chi connectivity index (χ0) is 8.97. The summed E-state index contributed by atoms with van der Waals surface area (Å²) in [6.07, 6.45) is 1.70. The van der Waals surface area contributed by atoms with Crippen LogP contribution in [0.2, 0.25) is 0 Å². The first kappa shape index (κ1) is 8.89. The van der Waals surface area contributed by atoms with Crippen molar-refractivity contribution in [1.82, 2.24) is 9.99 Å². The Labute approximate surface area is 76.1 Å². The summed E-state index contributed by atoms with van der Waals surface area (Å²) < 4.78 is 0. The second-order valence-electron chi connectivity index (χ2n) is 2.29. The maximum Gasteiger partial charge on any atom is 0.180 e. The molecule has 0 radical (unpaired) electrons. The topological polar surface area (TPSA) is 68.2 Å². The number of hydrogen-bond donors (Lipinski definition) is 2. The maximum atomic E-state index is 5.48. The molecule has 1 heterocycles. The number of thiocarbonyl (C=S) groups is 1. The van der Waals surface area contributed by atoms with Gasteiger partial charge in [0.2, 0.25) is 0 Å². The standard InChI is InChI=1S/C7H10N4S/c8-7(12)11(9)5-6-3-1-2-4-10-6/h1-4H,5,9H2,(H2,8,12). The van der Waals surface area contributed by atoms with Crippen LogP contribution in [-0.4, -0.2) is 15.1 Å². The molecule has 0 fully saturated rings. The number of hydrogen-bond acceptors (Lipinski definition) is 3. The summed E-state index contributed by atoms with van der Waals surface area (Å²) in [6.45, 7) is 0.441. The highest BCUT2D eigenvalue weighted by atomic mass is 32.1. The summed E-state index contributed by atoms with van der Waals surface area (Å²) in [4.78, 5) is 4.06. The van der Waals surface area contributed by atoms with Gasteiger partial charge in [0.1, 0.15) is 0 Å². The third kappa shape index (κ3) is 2.44. The summed E-state index contributed by atoms with van der Waals surface area (Å²) in [7, 11) is 0. The molecule has 0 aliphatic rings. The molecule has 0 aliphatic heterocycles. The molecule has 4 N–H and O–H groups in total. The first-order valence-corrected chi connectivity index (χ1v) is 3.82. The minimum Gasteiger partial charge on any atom is -0.375 e. The second kappa shape index (κ2) is 3.99. The van der Waals surface area contributed by atoms with Crippen LogP contribution in [0.1, 0.15) is 5.69 Å². The third-order valence-corrected chi connectivity index (χ3v) is 1.58. The van der Waals surface area contributed by atoms with E-state index in [4.69, 9.17) is 11.6 Å². The van der Waals surface area contributed by atoms with E-state index in [2.05, 4.69) is 17.2 Å². The summed E-state index contributed by atoms with van der Waals surface area (Å²) in [5, 5.41) is 1.44. The van der Waals surface area contributed by atoms with Gasteiger partial charge in [-0.15, -0.1) is 0 Å². The van der Waals surface area contributed by atoms with E-state index in [1.165, 1.54) is 5.01 Å². The fourth-order valence-corrected chi connectivity index (χ4v) is 0.809. The smallest absolute Gasteiger partial charge is 0.180 e. The number of hydrazine groups is 1. The van der Waals surface area contributed by atoms with Crippen LogP contribution < -0.4 is 11.6 Å². The molecule has 4 nitrogen and oxygen atoms in total. The van der Waals surface area contributed by atoms with Crippen molar-refractivity contribution in [3.8, 4) is 0 Å². The van der Waals surface area contributed by atoms with Crippen molar-refractivity contribution < 1.29 is 0 Å². The number of nitrogens with zero attached hydrogens (tertiary/aromatic N) is 2. The van der Waals surface area contributed by atoms with Gasteiger partial charge in [-0.2, -0.15) is 0 Å². The van der Waals surface area contributed by atoms with Gasteiger partial charge in [-0.25, -0.2) is 5.84 Å². The normalized spacial score (nSPS) is 9.42. The van der Waals surface area contributed by atoms with Gasteiger partial charge in [0.15, 0.2) is 5.11 Å². The van der Waals surface area contributed by atoms with Crippen LogP contribution in [0.3, 0.4) is 0 Å². The van der Waals surface area contributed by atoms with E-state index >= 15 is 0 Å². The van der Waals surface area contributed by atoms with Crippen molar-refractivity contribution in [1.29, 1.82) is 0 Å². The van der Waals surface area contributed by atoms with Crippen molar-refractivity contribution in [2.45, 2.75) is 6.54 Å². The zero-order valence-electron chi connectivity index (χ0n) is 6.47. The van der Waals surface area contributed by atoms with Gasteiger partial charge in [0.05, 0.1) is 12.2 Å². The molecular weight excluding hydrogens is 172 g/mol. The highest BCUT2D eigenvalue weighted by molar-refractivity contribution is 7.80. The Hall–Kier alpha value is -1.20. The van der Waals surface area contributed by atoms with Crippen LogP contribution in [0.15, 0.2) is 24.4 Å². The van der Waals surface area contributed by atoms with Gasteiger partial charge in [-0.05, 0) is 24.4 Å². The molecule has 0 amide bonds. The highest BCUT2D eigenvalue weighted by Crippen LogP contribution is 1.95. The molecule has 1 aromatic rings. The summed E-state index contributed by atoms with van der Waals surface area (Å²) >= 11 is 4.67. The van der Waals surface area contributed by atoms with E-state index in [0.29, 0.717) is 6.54 Å². The molecule has 0 bridgehead atoms. The van der Waals surface area contributed by atoms with E-state index in [1.807, 2.05) is 18.2 Å². The summed E-state index contributed by atoms with van der Waals surface area (Å²) in [5.41, 5.74) is 6.13. The first-order chi connectivity index (χ1) is 5.70. The fraction of sp³-hybridized carbons (Fsp3) is 0.143. The average molecular weight is 182 g/mol. The molecule has 5 heteroatoms. The molecule has 0 aliphatic carbocycles. The van der Waals surface area contributed by atoms with E-state index < -0.39 is 0 Å². The molecular formula is C7H10N4S. The van der Waals surface area contributed by atoms with Crippen LogP contribution in [0, 0.1) is 0 Å². The fourth-order valence-electron chi connectivity index (χ4n) is 0.744. The lowest BCUT2D eigenvalue weighted by atomic mass is 10.3. The molecule has 64 valence electrons. The van der Waals surface area contributed by atoms with Crippen molar-refractivity contribution in [3.63, 3.8) is 0 Å². The molecule has 0 aromatic carbocycles. The maximum absolute atomic E-state index is 5.48. The van der Waals surface area contributed by atoms with Crippen molar-refractivity contribution in [3.05, 3.63) is 30.1 Å². The monoisotopic (exact) mass is 182 g/mol. The lowest BCUT2D eigenvalue weighted by molar-refractivity contribution is 0.431. The SMILES string of the molecule is NC(=S)N(N)Cc1ccccn1. The molecule has 12 heavy (non-hydrogen) atoms. The summed E-state index contributed by atoms with van der Waals surface area (Å²) in [5.74, 6) is 5.48. The Kier molecular flexibility index (Phi) is 2.95. The number of pyridine rings is 1.